The van der Waals surface area contributed by atoms with Gasteiger partial charge in [0.15, 0.2) is 0 Å². The van der Waals surface area contributed by atoms with Crippen LogP contribution in [0.3, 0.4) is 0 Å². The average molecular weight is 240 g/mol. The molecule has 4 heteroatoms. The third-order valence-electron chi connectivity index (χ3n) is 3.28. The van der Waals surface area contributed by atoms with Crippen LogP contribution in [0, 0.1) is 5.82 Å². The third-order valence-corrected chi connectivity index (χ3v) is 4.67. The molecule has 2 atom stereocenters. The van der Waals surface area contributed by atoms with Crippen molar-refractivity contribution < 1.29 is 4.39 Å². The summed E-state index contributed by atoms with van der Waals surface area (Å²) in [6.45, 7) is 2.76. The maximum atomic E-state index is 13.1. The van der Waals surface area contributed by atoms with Crippen LogP contribution in [-0.4, -0.2) is 23.1 Å². The average Bonchev–Trinajstić information content (AvgIpc) is 2.61. The molecule has 0 radical (unpaired) electrons. The molecule has 1 saturated heterocycles. The second kappa shape index (κ2) is 4.63. The minimum atomic E-state index is -0.213. The van der Waals surface area contributed by atoms with Gasteiger partial charge in [0.05, 0.1) is 5.54 Å². The van der Waals surface area contributed by atoms with Gasteiger partial charge in [-0.15, -0.1) is 0 Å². The fourth-order valence-electron chi connectivity index (χ4n) is 2.12. The maximum absolute atomic E-state index is 13.1. The summed E-state index contributed by atoms with van der Waals surface area (Å²) in [7, 11) is 0. The molecular formula is C12H17FN2S. The largest absolute Gasteiger partial charge is 0.377 e. The second-order valence-electron chi connectivity index (χ2n) is 4.26. The minimum Gasteiger partial charge on any atom is -0.377 e. The molecule has 1 aromatic carbocycles. The first-order valence-corrected chi connectivity index (χ1v) is 6.56. The van der Waals surface area contributed by atoms with Gasteiger partial charge in [-0.05, 0) is 30.4 Å². The van der Waals surface area contributed by atoms with Crippen LogP contribution in [0.25, 0.3) is 0 Å². The van der Waals surface area contributed by atoms with Gasteiger partial charge in [-0.1, -0.05) is 13.0 Å². The van der Waals surface area contributed by atoms with Crippen LogP contribution in [-0.2, 0) is 0 Å². The summed E-state index contributed by atoms with van der Waals surface area (Å²) in [5.41, 5.74) is 6.61. The quantitative estimate of drug-likeness (QED) is 0.852. The Balaban J connectivity index is 2.18. The van der Waals surface area contributed by atoms with E-state index in [0.29, 0.717) is 11.8 Å². The number of benzene rings is 1. The summed E-state index contributed by atoms with van der Waals surface area (Å²) in [5.74, 6) is 0.899. The first kappa shape index (κ1) is 11.7. The molecule has 2 rings (SSSR count). The Morgan fingerprint density at radius 3 is 3.00 bits per heavy atom. The lowest BCUT2D eigenvalue weighted by Gasteiger charge is -2.34. The molecule has 1 heterocycles. The smallest absolute Gasteiger partial charge is 0.125 e. The van der Waals surface area contributed by atoms with Crippen LogP contribution >= 0.6 is 11.8 Å². The zero-order chi connectivity index (χ0) is 11.6. The molecule has 2 unspecified atom stereocenters. The molecular weight excluding hydrogens is 223 g/mol. The lowest BCUT2D eigenvalue weighted by Crippen LogP contribution is -2.49. The predicted molar refractivity (Wildman–Crippen MR) is 68.3 cm³/mol. The van der Waals surface area contributed by atoms with Crippen molar-refractivity contribution in [2.24, 2.45) is 5.73 Å². The maximum Gasteiger partial charge on any atom is 0.125 e. The van der Waals surface area contributed by atoms with Crippen molar-refractivity contribution in [2.75, 3.05) is 17.6 Å². The first-order valence-electron chi connectivity index (χ1n) is 5.52. The molecule has 2 nitrogen and oxygen atoms in total. The van der Waals surface area contributed by atoms with Crippen LogP contribution in [0.2, 0.25) is 0 Å². The molecule has 3 N–H and O–H groups in total. The van der Waals surface area contributed by atoms with E-state index in [0.717, 1.165) is 17.9 Å². The van der Waals surface area contributed by atoms with E-state index < -0.39 is 0 Å². The number of anilines is 1. The zero-order valence-corrected chi connectivity index (χ0v) is 10.2. The topological polar surface area (TPSA) is 38.0 Å². The molecule has 1 fully saturated rings. The van der Waals surface area contributed by atoms with Crippen molar-refractivity contribution >= 4 is 17.4 Å². The molecule has 1 aromatic rings. The van der Waals surface area contributed by atoms with Crippen molar-refractivity contribution in [3.05, 3.63) is 30.1 Å². The number of nitrogens with two attached hydrogens (primary N) is 1. The molecule has 0 spiro atoms. The first-order chi connectivity index (χ1) is 7.66. The van der Waals surface area contributed by atoms with Crippen molar-refractivity contribution in [3.63, 3.8) is 0 Å². The summed E-state index contributed by atoms with van der Waals surface area (Å²) in [4.78, 5) is 0. The number of halogens is 1. The van der Waals surface area contributed by atoms with Gasteiger partial charge < -0.3 is 11.1 Å². The monoisotopic (exact) mass is 240 g/mol. The fourth-order valence-corrected chi connectivity index (χ4v) is 3.55. The molecule has 16 heavy (non-hydrogen) atoms. The Labute approximate surface area is 99.8 Å². The Bertz CT molecular complexity index is 372. The summed E-state index contributed by atoms with van der Waals surface area (Å²) in [5, 5.41) is 3.87. The highest BCUT2D eigenvalue weighted by Gasteiger charge is 2.39. The van der Waals surface area contributed by atoms with E-state index >= 15 is 0 Å². The Morgan fingerprint density at radius 1 is 1.62 bits per heavy atom. The molecule has 0 aromatic heterocycles. The zero-order valence-electron chi connectivity index (χ0n) is 9.37. The van der Waals surface area contributed by atoms with E-state index in [1.54, 1.807) is 6.07 Å². The van der Waals surface area contributed by atoms with Gasteiger partial charge in [0.25, 0.3) is 0 Å². The van der Waals surface area contributed by atoms with Gasteiger partial charge >= 0.3 is 0 Å². The molecule has 1 aliphatic rings. The predicted octanol–water partition coefficient (Wildman–Crippen LogP) is 2.46. The van der Waals surface area contributed by atoms with Crippen LogP contribution < -0.4 is 11.1 Å². The van der Waals surface area contributed by atoms with Crippen molar-refractivity contribution in [2.45, 2.75) is 24.1 Å². The highest BCUT2D eigenvalue weighted by Crippen LogP contribution is 2.37. The summed E-state index contributed by atoms with van der Waals surface area (Å²) >= 11 is 1.92. The molecule has 0 saturated carbocycles. The van der Waals surface area contributed by atoms with Crippen LogP contribution in [0.4, 0.5) is 10.1 Å². The fraction of sp³-hybridized carbons (Fsp3) is 0.500. The van der Waals surface area contributed by atoms with Gasteiger partial charge in [-0.2, -0.15) is 11.8 Å². The van der Waals surface area contributed by atoms with E-state index in [1.165, 1.54) is 12.1 Å². The van der Waals surface area contributed by atoms with E-state index in [2.05, 4.69) is 12.2 Å². The number of thioether (sulfide) groups is 1. The van der Waals surface area contributed by atoms with Gasteiger partial charge in [-0.3, -0.25) is 0 Å². The van der Waals surface area contributed by atoms with Gasteiger partial charge in [-0.25, -0.2) is 4.39 Å². The molecule has 88 valence electrons. The Hall–Kier alpha value is -0.740. The molecule has 1 aliphatic heterocycles. The van der Waals surface area contributed by atoms with E-state index in [4.69, 9.17) is 5.73 Å². The van der Waals surface area contributed by atoms with Crippen LogP contribution in [0.1, 0.15) is 13.3 Å². The Morgan fingerprint density at radius 2 is 2.44 bits per heavy atom. The standard InChI is InChI=1S/C12H17FN2S/c1-9-12(8-14,5-6-16-9)15-11-4-2-3-10(13)7-11/h2-4,7,9,15H,5-6,8,14H2,1H3. The van der Waals surface area contributed by atoms with E-state index in [9.17, 15) is 4.39 Å². The van der Waals surface area contributed by atoms with Crippen molar-refractivity contribution in [3.8, 4) is 0 Å². The number of nitrogens with one attached hydrogen (secondary N) is 1. The second-order valence-corrected chi connectivity index (χ2v) is 5.71. The van der Waals surface area contributed by atoms with E-state index in [1.807, 2.05) is 17.8 Å². The SMILES string of the molecule is CC1SCCC1(CN)Nc1cccc(F)c1. The minimum absolute atomic E-state index is 0.0849. The third kappa shape index (κ3) is 2.18. The molecule has 0 aliphatic carbocycles. The van der Waals surface area contributed by atoms with Gasteiger partial charge in [0.2, 0.25) is 0 Å². The lowest BCUT2D eigenvalue weighted by molar-refractivity contribution is 0.479. The lowest BCUT2D eigenvalue weighted by atomic mass is 9.92. The highest BCUT2D eigenvalue weighted by atomic mass is 32.2. The van der Waals surface area contributed by atoms with Crippen LogP contribution in [0.15, 0.2) is 24.3 Å². The van der Waals surface area contributed by atoms with Gasteiger partial charge in [0.1, 0.15) is 5.82 Å². The van der Waals surface area contributed by atoms with Crippen molar-refractivity contribution in [1.29, 1.82) is 0 Å². The molecule has 0 amide bonds. The number of rotatable bonds is 3. The van der Waals surface area contributed by atoms with Gasteiger partial charge in [0, 0.05) is 17.5 Å². The van der Waals surface area contributed by atoms with E-state index in [-0.39, 0.29) is 11.4 Å². The molecule has 0 bridgehead atoms. The summed E-state index contributed by atoms with van der Waals surface area (Å²) in [6.07, 6.45) is 1.03. The summed E-state index contributed by atoms with van der Waals surface area (Å²) in [6, 6.07) is 6.57. The van der Waals surface area contributed by atoms with Crippen LogP contribution in [0.5, 0.6) is 0 Å². The normalized spacial score (nSPS) is 29.3. The highest BCUT2D eigenvalue weighted by molar-refractivity contribution is 8.00. The summed E-state index contributed by atoms with van der Waals surface area (Å²) < 4.78 is 13.1. The Kier molecular flexibility index (Phi) is 3.40. The number of hydrogen-bond acceptors (Lipinski definition) is 3. The van der Waals surface area contributed by atoms with Crippen molar-refractivity contribution in [1.82, 2.24) is 0 Å². The number of hydrogen-bond donors (Lipinski definition) is 2.